The first-order chi connectivity index (χ1) is 4.75. The molecule has 2 heterocycles. The lowest BCUT2D eigenvalue weighted by atomic mass is 10.9. The molecule has 0 bridgehead atoms. The molecule has 54 valence electrons. The number of thioether (sulfide) groups is 4. The van der Waals surface area contributed by atoms with Gasteiger partial charge in [0.15, 0.2) is 0 Å². The smallest absolute Gasteiger partial charge is 0.248 e. The molecule has 0 aromatic heterocycles. The van der Waals surface area contributed by atoms with Crippen molar-refractivity contribution in [3.8, 4) is 0 Å². The van der Waals surface area contributed by atoms with Crippen LogP contribution < -0.4 is 0 Å². The topological polar surface area (TPSA) is 34.1 Å². The van der Waals surface area contributed by atoms with Crippen molar-refractivity contribution in [1.82, 2.24) is 0 Å². The number of fused-ring (bicyclic) bond motifs is 1. The first-order valence-corrected chi connectivity index (χ1v) is 6.02. The van der Waals surface area contributed by atoms with E-state index in [-0.39, 0.29) is 18.1 Å². The van der Waals surface area contributed by atoms with Crippen LogP contribution in [0.3, 0.4) is 0 Å². The van der Waals surface area contributed by atoms with E-state index < -0.39 is 0 Å². The normalized spacial score (nSPS) is 38.8. The van der Waals surface area contributed by atoms with E-state index in [0.29, 0.717) is 0 Å². The average molecular weight is 210 g/mol. The van der Waals surface area contributed by atoms with E-state index in [1.807, 2.05) is 0 Å². The van der Waals surface area contributed by atoms with Crippen molar-refractivity contribution in [1.29, 1.82) is 0 Å². The second-order valence-electron chi connectivity index (χ2n) is 1.71. The minimum Gasteiger partial charge on any atom is -0.274 e. The van der Waals surface area contributed by atoms with E-state index >= 15 is 0 Å². The highest BCUT2D eigenvalue weighted by atomic mass is 32.3. The Balaban J connectivity index is 2.12. The van der Waals surface area contributed by atoms with E-state index in [1.54, 1.807) is 0 Å². The third-order valence-electron chi connectivity index (χ3n) is 1.07. The van der Waals surface area contributed by atoms with Gasteiger partial charge < -0.3 is 0 Å². The molecule has 0 N–H and O–H groups in total. The summed E-state index contributed by atoms with van der Waals surface area (Å²) in [5.74, 6) is 0. The minimum absolute atomic E-state index is 0.155. The van der Waals surface area contributed by atoms with Crippen molar-refractivity contribution in [3.63, 3.8) is 0 Å². The summed E-state index contributed by atoms with van der Waals surface area (Å²) in [7, 11) is 0. The molecule has 0 aliphatic carbocycles. The van der Waals surface area contributed by atoms with Gasteiger partial charge >= 0.3 is 0 Å². The number of hydrogen-bond donors (Lipinski definition) is 0. The fourth-order valence-electron chi connectivity index (χ4n) is 0.705. The van der Waals surface area contributed by atoms with Gasteiger partial charge in [0.2, 0.25) is 8.89 Å². The van der Waals surface area contributed by atoms with Crippen LogP contribution in [0.2, 0.25) is 0 Å². The molecule has 2 fully saturated rings. The zero-order valence-corrected chi connectivity index (χ0v) is 7.87. The van der Waals surface area contributed by atoms with Gasteiger partial charge in [-0.1, -0.05) is 47.0 Å². The van der Waals surface area contributed by atoms with Gasteiger partial charge in [-0.15, -0.1) is 0 Å². The zero-order chi connectivity index (χ0) is 7.14. The van der Waals surface area contributed by atoms with Gasteiger partial charge in [0.05, 0.1) is 9.16 Å². The van der Waals surface area contributed by atoms with E-state index in [9.17, 15) is 9.59 Å². The minimum atomic E-state index is 0.155. The van der Waals surface area contributed by atoms with Crippen molar-refractivity contribution in [2.24, 2.45) is 0 Å². The SMILES string of the molecule is O=C1SC2SC(=O)SC2S1. The second-order valence-corrected chi connectivity index (χ2v) is 7.28. The van der Waals surface area contributed by atoms with E-state index in [1.165, 1.54) is 47.0 Å². The van der Waals surface area contributed by atoms with Crippen molar-refractivity contribution in [2.45, 2.75) is 9.16 Å². The third kappa shape index (κ3) is 1.22. The molecule has 6 heteroatoms. The van der Waals surface area contributed by atoms with Crippen molar-refractivity contribution in [3.05, 3.63) is 0 Å². The fourth-order valence-corrected chi connectivity index (χ4v) is 7.09. The maximum Gasteiger partial charge on any atom is 0.248 e. The quantitative estimate of drug-likeness (QED) is 0.611. The van der Waals surface area contributed by atoms with Crippen LogP contribution in [-0.2, 0) is 0 Å². The molecule has 0 unspecified atom stereocenters. The summed E-state index contributed by atoms with van der Waals surface area (Å²) < 4.78 is 0.690. The fraction of sp³-hybridized carbons (Fsp3) is 0.500. The monoisotopic (exact) mass is 210 g/mol. The van der Waals surface area contributed by atoms with Crippen LogP contribution >= 0.6 is 47.0 Å². The molecule has 0 saturated carbocycles. The Morgan fingerprint density at radius 1 is 0.800 bits per heavy atom. The Morgan fingerprint density at radius 3 is 1.40 bits per heavy atom. The molecule has 0 spiro atoms. The summed E-state index contributed by atoms with van der Waals surface area (Å²) in [5, 5.41) is 0. The van der Waals surface area contributed by atoms with Crippen molar-refractivity contribution < 1.29 is 9.59 Å². The number of carbonyl (C=O) groups excluding carboxylic acids is 2. The van der Waals surface area contributed by atoms with Gasteiger partial charge in [-0.25, -0.2) is 0 Å². The van der Waals surface area contributed by atoms with Gasteiger partial charge in [0.1, 0.15) is 0 Å². The van der Waals surface area contributed by atoms with Crippen LogP contribution in [0.4, 0.5) is 9.59 Å². The maximum atomic E-state index is 10.8. The molecule has 10 heavy (non-hydrogen) atoms. The van der Waals surface area contributed by atoms with Crippen LogP contribution in [0, 0.1) is 0 Å². The van der Waals surface area contributed by atoms with E-state index in [4.69, 9.17) is 0 Å². The Labute approximate surface area is 74.6 Å². The van der Waals surface area contributed by atoms with Crippen molar-refractivity contribution >= 4 is 55.9 Å². The van der Waals surface area contributed by atoms with Crippen LogP contribution in [0.25, 0.3) is 0 Å². The Bertz CT molecular complexity index is 165. The standard InChI is InChI=1S/C4H2O2S4/c5-3-7-1-2(9-3)10-4(6)8-1/h1-2H. The molecule has 0 atom stereocenters. The number of hydrogen-bond acceptors (Lipinski definition) is 6. The molecule has 2 rings (SSSR count). The van der Waals surface area contributed by atoms with Gasteiger partial charge in [-0.05, 0) is 0 Å². The summed E-state index contributed by atoms with van der Waals surface area (Å²) in [5.41, 5.74) is 0. The van der Waals surface area contributed by atoms with Gasteiger partial charge in [-0.3, -0.25) is 9.59 Å². The predicted molar refractivity (Wildman–Crippen MR) is 48.7 cm³/mol. The van der Waals surface area contributed by atoms with Gasteiger partial charge in [0, 0.05) is 0 Å². The summed E-state index contributed by atoms with van der Waals surface area (Å²) in [6.07, 6.45) is 0. The average Bonchev–Trinajstić information content (AvgIpc) is 2.21. The lowest BCUT2D eigenvalue weighted by Gasteiger charge is -1.96. The Morgan fingerprint density at radius 2 is 1.10 bits per heavy atom. The van der Waals surface area contributed by atoms with Gasteiger partial charge in [0.25, 0.3) is 0 Å². The highest BCUT2D eigenvalue weighted by Crippen LogP contribution is 2.56. The van der Waals surface area contributed by atoms with E-state index in [0.717, 1.165) is 0 Å². The largest absolute Gasteiger partial charge is 0.274 e. The Hall–Kier alpha value is 0.740. The molecule has 0 amide bonds. The molecule has 2 aliphatic heterocycles. The van der Waals surface area contributed by atoms with Crippen molar-refractivity contribution in [2.75, 3.05) is 0 Å². The molecule has 2 nitrogen and oxygen atoms in total. The number of carbonyl (C=O) groups is 2. The summed E-state index contributed by atoms with van der Waals surface area (Å²) in [6.45, 7) is 0. The first kappa shape index (κ1) is 7.39. The summed E-state index contributed by atoms with van der Waals surface area (Å²) >= 11 is 5.14. The molecule has 0 aromatic rings. The molecule has 2 saturated heterocycles. The van der Waals surface area contributed by atoms with E-state index in [2.05, 4.69) is 0 Å². The van der Waals surface area contributed by atoms with Gasteiger partial charge in [-0.2, -0.15) is 0 Å². The Kier molecular flexibility index (Phi) is 1.96. The highest BCUT2D eigenvalue weighted by Gasteiger charge is 2.44. The first-order valence-electron chi connectivity index (χ1n) is 2.50. The number of rotatable bonds is 0. The summed E-state index contributed by atoms with van der Waals surface area (Å²) in [6, 6.07) is 0. The molecular formula is C4H2O2S4. The molecule has 0 aromatic carbocycles. The maximum absolute atomic E-state index is 10.8. The van der Waals surface area contributed by atoms with Crippen LogP contribution in [0.15, 0.2) is 0 Å². The summed E-state index contributed by atoms with van der Waals surface area (Å²) in [4.78, 5) is 21.5. The predicted octanol–water partition coefficient (Wildman–Crippen LogP) is 2.84. The lowest BCUT2D eigenvalue weighted by Crippen LogP contribution is -1.97. The second kappa shape index (κ2) is 2.66. The zero-order valence-electron chi connectivity index (χ0n) is 4.60. The third-order valence-corrected chi connectivity index (χ3v) is 6.86. The highest BCUT2D eigenvalue weighted by molar-refractivity contribution is 8.58. The van der Waals surface area contributed by atoms with Crippen LogP contribution in [0.1, 0.15) is 0 Å². The lowest BCUT2D eigenvalue weighted by molar-refractivity contribution is 0.276. The molecular weight excluding hydrogens is 208 g/mol. The molecule has 2 aliphatic rings. The van der Waals surface area contributed by atoms with Crippen LogP contribution in [0.5, 0.6) is 0 Å². The molecule has 0 radical (unpaired) electrons. The van der Waals surface area contributed by atoms with Crippen LogP contribution in [-0.4, -0.2) is 18.1 Å².